The van der Waals surface area contributed by atoms with Crippen molar-refractivity contribution < 1.29 is 17.4 Å². The first-order valence-electron chi connectivity index (χ1n) is 8.56. The van der Waals surface area contributed by atoms with Crippen LogP contribution in [0.25, 0.3) is 0 Å². The maximum Gasteiger partial charge on any atom is 0.358 e. The van der Waals surface area contributed by atoms with Crippen LogP contribution in [0, 0.1) is 0 Å². The predicted octanol–water partition coefficient (Wildman–Crippen LogP) is 4.34. The van der Waals surface area contributed by atoms with Crippen LogP contribution in [-0.2, 0) is 16.7 Å². The first kappa shape index (κ1) is 21.3. The minimum absolute atomic E-state index is 0.0168. The van der Waals surface area contributed by atoms with Gasteiger partial charge in [-0.05, 0) is 29.7 Å². The topological polar surface area (TPSA) is 91.2 Å². The smallest absolute Gasteiger partial charge is 0.358 e. The van der Waals surface area contributed by atoms with Crippen LogP contribution in [0.4, 0.5) is 0 Å². The number of rotatable bonds is 7. The predicted molar refractivity (Wildman–Crippen MR) is 109 cm³/mol. The third-order valence-electron chi connectivity index (χ3n) is 4.02. The molecule has 1 aromatic carbocycles. The zero-order chi connectivity index (χ0) is 21.2. The number of nitrogens with zero attached hydrogens (tertiary/aromatic N) is 3. The van der Waals surface area contributed by atoms with E-state index in [0.717, 1.165) is 5.56 Å². The Morgan fingerprint density at radius 3 is 2.31 bits per heavy atom. The summed E-state index contributed by atoms with van der Waals surface area (Å²) in [7, 11) is -4.35. The fourth-order valence-corrected chi connectivity index (χ4v) is 4.61. The summed E-state index contributed by atoms with van der Waals surface area (Å²) in [6, 6.07) is 7.66. The summed E-state index contributed by atoms with van der Waals surface area (Å²) in [6.07, 6.45) is 3.75. The molecule has 0 saturated heterocycles. The molecule has 0 N–H and O–H groups in total. The second kappa shape index (κ2) is 8.52. The molecule has 29 heavy (non-hydrogen) atoms. The van der Waals surface area contributed by atoms with Gasteiger partial charge in [0.05, 0.1) is 5.69 Å². The van der Waals surface area contributed by atoms with Gasteiger partial charge in [0.2, 0.25) is 5.03 Å². The van der Waals surface area contributed by atoms with Gasteiger partial charge in [-0.1, -0.05) is 37.0 Å². The number of pyridine rings is 1. The third kappa shape index (κ3) is 4.77. The summed E-state index contributed by atoms with van der Waals surface area (Å²) in [5, 5.41) is 0.131. The first-order chi connectivity index (χ1) is 13.7. The molecule has 0 atom stereocenters. The number of imidazole rings is 1. The lowest BCUT2D eigenvalue weighted by molar-refractivity contribution is 0.111. The van der Waals surface area contributed by atoms with Crippen LogP contribution in [0.2, 0.25) is 10.0 Å². The molecule has 0 aliphatic rings. The molecule has 2 heterocycles. The summed E-state index contributed by atoms with van der Waals surface area (Å²) in [4.78, 5) is 19.6. The lowest BCUT2D eigenvalue weighted by Gasteiger charge is -2.14. The minimum Gasteiger partial charge on any atom is -0.378 e. The van der Waals surface area contributed by atoms with E-state index in [0.29, 0.717) is 12.0 Å². The zero-order valence-electron chi connectivity index (χ0n) is 15.5. The quantitative estimate of drug-likeness (QED) is 0.390. The summed E-state index contributed by atoms with van der Waals surface area (Å²) >= 11 is 11.8. The minimum atomic E-state index is -4.35. The maximum absolute atomic E-state index is 13.0. The standard InChI is InChI=1S/C19H17Cl2N3O4S/c1-12(2)18-19(29(26,27)28-16-8-14(20)7-15(21)9-16)23-17(11-25)24(18)10-13-3-5-22-6-4-13/h3-9,11-12H,10H2,1-2H3. The Labute approximate surface area is 178 Å². The number of carbonyl (C=O) groups is 1. The molecular weight excluding hydrogens is 437 g/mol. The highest BCUT2D eigenvalue weighted by atomic mass is 35.5. The van der Waals surface area contributed by atoms with Gasteiger partial charge in [-0.3, -0.25) is 9.78 Å². The monoisotopic (exact) mass is 453 g/mol. The van der Waals surface area contributed by atoms with Gasteiger partial charge in [0.25, 0.3) is 0 Å². The van der Waals surface area contributed by atoms with Crippen molar-refractivity contribution in [2.75, 3.05) is 0 Å². The molecule has 0 fully saturated rings. The summed E-state index contributed by atoms with van der Waals surface area (Å²) in [6.45, 7) is 3.88. The van der Waals surface area contributed by atoms with Gasteiger partial charge in [0.1, 0.15) is 5.75 Å². The first-order valence-corrected chi connectivity index (χ1v) is 10.7. The molecule has 0 unspecified atom stereocenters. The Bertz CT molecular complexity index is 1130. The highest BCUT2D eigenvalue weighted by molar-refractivity contribution is 7.87. The van der Waals surface area contributed by atoms with Gasteiger partial charge >= 0.3 is 10.1 Å². The van der Waals surface area contributed by atoms with Crippen LogP contribution in [0.5, 0.6) is 5.75 Å². The van der Waals surface area contributed by atoms with Crippen molar-refractivity contribution in [1.82, 2.24) is 14.5 Å². The molecule has 0 bridgehead atoms. The molecule has 3 aromatic rings. The summed E-state index contributed by atoms with van der Waals surface area (Å²) < 4.78 is 32.7. The molecule has 10 heteroatoms. The molecule has 152 valence electrons. The lowest BCUT2D eigenvalue weighted by atomic mass is 10.1. The van der Waals surface area contributed by atoms with Gasteiger partial charge < -0.3 is 8.75 Å². The second-order valence-electron chi connectivity index (χ2n) is 6.52. The summed E-state index contributed by atoms with van der Waals surface area (Å²) in [5.74, 6) is -0.320. The van der Waals surface area contributed by atoms with E-state index in [-0.39, 0.29) is 39.1 Å². The van der Waals surface area contributed by atoms with E-state index in [2.05, 4.69) is 9.97 Å². The average Bonchev–Trinajstić information content (AvgIpc) is 3.01. The van der Waals surface area contributed by atoms with Crippen LogP contribution in [0.1, 0.15) is 41.6 Å². The van der Waals surface area contributed by atoms with Crippen molar-refractivity contribution in [3.63, 3.8) is 0 Å². The molecule has 0 aliphatic heterocycles. The number of carbonyl (C=O) groups excluding carboxylic acids is 1. The normalized spacial score (nSPS) is 11.6. The Balaban J connectivity index is 2.09. The maximum atomic E-state index is 13.0. The number of aromatic nitrogens is 3. The number of halogens is 2. The van der Waals surface area contributed by atoms with Crippen LogP contribution >= 0.6 is 23.2 Å². The molecule has 0 saturated carbocycles. The Kier molecular flexibility index (Phi) is 6.26. The van der Waals surface area contributed by atoms with Crippen LogP contribution in [0.15, 0.2) is 47.8 Å². The van der Waals surface area contributed by atoms with E-state index in [4.69, 9.17) is 27.4 Å². The summed E-state index contributed by atoms with van der Waals surface area (Å²) in [5.41, 5.74) is 1.20. The van der Waals surface area contributed by atoms with Gasteiger partial charge in [-0.25, -0.2) is 4.98 Å². The van der Waals surface area contributed by atoms with Crippen molar-refractivity contribution in [2.24, 2.45) is 0 Å². The van der Waals surface area contributed by atoms with E-state index in [1.165, 1.54) is 18.2 Å². The van der Waals surface area contributed by atoms with Gasteiger partial charge in [-0.2, -0.15) is 8.42 Å². The van der Waals surface area contributed by atoms with Crippen molar-refractivity contribution in [2.45, 2.75) is 31.3 Å². The molecule has 0 radical (unpaired) electrons. The molecule has 3 rings (SSSR count). The Morgan fingerprint density at radius 2 is 1.76 bits per heavy atom. The van der Waals surface area contributed by atoms with Crippen LogP contribution in [0.3, 0.4) is 0 Å². The zero-order valence-corrected chi connectivity index (χ0v) is 17.9. The van der Waals surface area contributed by atoms with Crippen molar-refractivity contribution in [3.8, 4) is 5.75 Å². The average molecular weight is 454 g/mol. The number of hydrogen-bond donors (Lipinski definition) is 0. The van der Waals surface area contributed by atoms with E-state index in [1.54, 1.807) is 29.1 Å². The molecule has 0 aliphatic carbocycles. The Morgan fingerprint density at radius 1 is 1.14 bits per heavy atom. The number of hydrogen-bond acceptors (Lipinski definition) is 6. The van der Waals surface area contributed by atoms with E-state index in [9.17, 15) is 13.2 Å². The van der Waals surface area contributed by atoms with E-state index < -0.39 is 10.1 Å². The van der Waals surface area contributed by atoms with Gasteiger partial charge in [0.15, 0.2) is 12.1 Å². The number of aldehydes is 1. The molecular formula is C19H17Cl2N3O4S. The van der Waals surface area contributed by atoms with E-state index in [1.807, 2.05) is 13.8 Å². The highest BCUT2D eigenvalue weighted by Gasteiger charge is 2.30. The van der Waals surface area contributed by atoms with Crippen molar-refractivity contribution in [3.05, 3.63) is 69.9 Å². The SMILES string of the molecule is CC(C)c1c(S(=O)(=O)Oc2cc(Cl)cc(Cl)c2)nc(C=O)n1Cc1ccncc1. The molecule has 0 spiro atoms. The van der Waals surface area contributed by atoms with Crippen molar-refractivity contribution in [1.29, 1.82) is 0 Å². The fourth-order valence-electron chi connectivity index (χ4n) is 2.87. The lowest BCUT2D eigenvalue weighted by Crippen LogP contribution is -2.15. The highest BCUT2D eigenvalue weighted by Crippen LogP contribution is 2.30. The van der Waals surface area contributed by atoms with E-state index >= 15 is 0 Å². The second-order valence-corrected chi connectivity index (χ2v) is 8.85. The van der Waals surface area contributed by atoms with Crippen LogP contribution < -0.4 is 4.18 Å². The third-order valence-corrected chi connectivity index (χ3v) is 5.65. The fraction of sp³-hybridized carbons (Fsp3) is 0.211. The Hall–Kier alpha value is -2.42. The molecule has 2 aromatic heterocycles. The van der Waals surface area contributed by atoms with Gasteiger partial charge in [0, 0.05) is 41.1 Å². The molecule has 0 amide bonds. The van der Waals surface area contributed by atoms with Crippen LogP contribution in [-0.4, -0.2) is 29.2 Å². The largest absolute Gasteiger partial charge is 0.378 e. The number of benzene rings is 1. The van der Waals surface area contributed by atoms with Crippen molar-refractivity contribution >= 4 is 39.6 Å². The van der Waals surface area contributed by atoms with Gasteiger partial charge in [-0.15, -0.1) is 0 Å². The molecule has 7 nitrogen and oxygen atoms in total.